The number of fused-ring (bicyclic) bond motifs is 1. The van der Waals surface area contributed by atoms with E-state index in [1.807, 2.05) is 31.2 Å². The minimum Gasteiger partial charge on any atom is -0.454 e. The minimum atomic E-state index is -0.334. The zero-order chi connectivity index (χ0) is 17.1. The third kappa shape index (κ3) is 3.32. The summed E-state index contributed by atoms with van der Waals surface area (Å²) in [7, 11) is 1.68. The maximum absolute atomic E-state index is 12.2. The number of nitrogens with zero attached hydrogens (tertiary/aromatic N) is 1. The number of anilines is 1. The monoisotopic (exact) mass is 326 g/mol. The molecule has 1 heterocycles. The van der Waals surface area contributed by atoms with Crippen molar-refractivity contribution in [3.05, 3.63) is 53.6 Å². The Labute approximate surface area is 140 Å². The quantitative estimate of drug-likeness (QED) is 0.934. The maximum Gasteiger partial charge on any atom is 0.251 e. The van der Waals surface area contributed by atoms with E-state index in [4.69, 9.17) is 9.47 Å². The highest BCUT2D eigenvalue weighted by atomic mass is 16.7. The summed E-state index contributed by atoms with van der Waals surface area (Å²) in [4.78, 5) is 25.9. The topological polar surface area (TPSA) is 67.9 Å². The number of likely N-dealkylation sites (N-methyl/N-ethyl adjacent to an activating group) is 1. The second-order valence-corrected chi connectivity index (χ2v) is 5.54. The van der Waals surface area contributed by atoms with Crippen LogP contribution in [0.4, 0.5) is 5.69 Å². The maximum atomic E-state index is 12.2. The van der Waals surface area contributed by atoms with Crippen LogP contribution in [0.15, 0.2) is 42.5 Å². The van der Waals surface area contributed by atoms with Gasteiger partial charge in [0, 0.05) is 18.3 Å². The first kappa shape index (κ1) is 15.9. The van der Waals surface area contributed by atoms with Crippen molar-refractivity contribution < 1.29 is 19.1 Å². The lowest BCUT2D eigenvalue weighted by Gasteiger charge is -2.18. The Morgan fingerprint density at radius 1 is 1.08 bits per heavy atom. The van der Waals surface area contributed by atoms with Gasteiger partial charge in [0.1, 0.15) is 0 Å². The standard InChI is InChI=1S/C18H18N2O4/c1-12-3-6-14(7-4-12)20(2)17(21)10-19-18(22)13-5-8-15-16(9-13)24-11-23-15/h3-9H,10-11H2,1-2H3,(H,19,22). The molecule has 1 N–H and O–H groups in total. The smallest absolute Gasteiger partial charge is 0.251 e. The van der Waals surface area contributed by atoms with Crippen LogP contribution in [-0.4, -0.2) is 32.2 Å². The predicted octanol–water partition coefficient (Wildman–Crippen LogP) is 2.12. The number of hydrogen-bond donors (Lipinski definition) is 1. The number of hydrogen-bond acceptors (Lipinski definition) is 4. The molecule has 6 heteroatoms. The molecule has 0 aliphatic carbocycles. The van der Waals surface area contributed by atoms with E-state index in [1.54, 1.807) is 25.2 Å². The van der Waals surface area contributed by atoms with E-state index in [0.29, 0.717) is 17.1 Å². The number of carbonyl (C=O) groups excluding carboxylic acids is 2. The molecule has 2 amide bonds. The van der Waals surface area contributed by atoms with Crippen molar-refractivity contribution in [2.24, 2.45) is 0 Å². The molecule has 0 bridgehead atoms. The molecule has 124 valence electrons. The number of rotatable bonds is 4. The van der Waals surface area contributed by atoms with Gasteiger partial charge < -0.3 is 19.7 Å². The van der Waals surface area contributed by atoms with E-state index in [1.165, 1.54) is 4.90 Å². The van der Waals surface area contributed by atoms with Gasteiger partial charge in [-0.3, -0.25) is 9.59 Å². The number of benzene rings is 2. The van der Waals surface area contributed by atoms with Crippen molar-refractivity contribution in [2.45, 2.75) is 6.92 Å². The summed E-state index contributed by atoms with van der Waals surface area (Å²) in [5.74, 6) is 0.611. The fraction of sp³-hybridized carbons (Fsp3) is 0.222. The van der Waals surface area contributed by atoms with Crippen LogP contribution in [0.5, 0.6) is 11.5 Å². The molecule has 3 rings (SSSR count). The van der Waals surface area contributed by atoms with Gasteiger partial charge in [0.25, 0.3) is 5.91 Å². The molecule has 24 heavy (non-hydrogen) atoms. The summed E-state index contributed by atoms with van der Waals surface area (Å²) in [6.45, 7) is 2.05. The lowest BCUT2D eigenvalue weighted by molar-refractivity contribution is -0.117. The van der Waals surface area contributed by atoms with Crippen LogP contribution < -0.4 is 19.7 Å². The molecular formula is C18H18N2O4. The number of ether oxygens (including phenoxy) is 2. The lowest BCUT2D eigenvalue weighted by Crippen LogP contribution is -2.38. The zero-order valence-electron chi connectivity index (χ0n) is 13.5. The molecule has 2 aromatic carbocycles. The van der Waals surface area contributed by atoms with Gasteiger partial charge in [-0.25, -0.2) is 0 Å². The van der Waals surface area contributed by atoms with Crippen molar-refractivity contribution in [3.8, 4) is 11.5 Å². The van der Waals surface area contributed by atoms with Crippen LogP contribution >= 0.6 is 0 Å². The summed E-state index contributed by atoms with van der Waals surface area (Å²) in [5.41, 5.74) is 2.32. The summed E-state index contributed by atoms with van der Waals surface area (Å²) in [6.07, 6.45) is 0. The van der Waals surface area contributed by atoms with Crippen LogP contribution in [0, 0.1) is 6.92 Å². The number of amides is 2. The highest BCUT2D eigenvalue weighted by Crippen LogP contribution is 2.32. The number of carbonyl (C=O) groups is 2. The van der Waals surface area contributed by atoms with Gasteiger partial charge in [0.05, 0.1) is 6.54 Å². The Balaban J connectivity index is 1.59. The average Bonchev–Trinajstić information content (AvgIpc) is 3.07. The lowest BCUT2D eigenvalue weighted by atomic mass is 10.2. The molecule has 0 spiro atoms. The largest absolute Gasteiger partial charge is 0.454 e. The zero-order valence-corrected chi connectivity index (χ0v) is 13.5. The first-order valence-electron chi connectivity index (χ1n) is 7.55. The van der Waals surface area contributed by atoms with Crippen LogP contribution in [0.2, 0.25) is 0 Å². The summed E-state index contributed by atoms with van der Waals surface area (Å²) in [6, 6.07) is 12.5. The van der Waals surface area contributed by atoms with Gasteiger partial charge >= 0.3 is 0 Å². The van der Waals surface area contributed by atoms with E-state index < -0.39 is 0 Å². The Bertz CT molecular complexity index is 771. The number of nitrogens with one attached hydrogen (secondary N) is 1. The van der Waals surface area contributed by atoms with Crippen LogP contribution in [-0.2, 0) is 4.79 Å². The van der Waals surface area contributed by atoms with Crippen molar-refractivity contribution in [1.29, 1.82) is 0 Å². The summed E-state index contributed by atoms with van der Waals surface area (Å²) in [5, 5.41) is 2.63. The van der Waals surface area contributed by atoms with Crippen molar-refractivity contribution in [3.63, 3.8) is 0 Å². The fourth-order valence-electron chi connectivity index (χ4n) is 2.33. The van der Waals surface area contributed by atoms with Gasteiger partial charge in [0.2, 0.25) is 12.7 Å². The van der Waals surface area contributed by atoms with Crippen molar-refractivity contribution >= 4 is 17.5 Å². The second-order valence-electron chi connectivity index (χ2n) is 5.54. The molecule has 0 saturated carbocycles. The van der Waals surface area contributed by atoms with E-state index in [9.17, 15) is 9.59 Å². The first-order chi connectivity index (χ1) is 11.5. The minimum absolute atomic E-state index is 0.0857. The number of aryl methyl sites for hydroxylation is 1. The molecule has 1 aliphatic heterocycles. The molecular weight excluding hydrogens is 308 g/mol. The molecule has 0 fully saturated rings. The Hall–Kier alpha value is -3.02. The van der Waals surface area contributed by atoms with E-state index in [2.05, 4.69) is 5.32 Å². The van der Waals surface area contributed by atoms with Gasteiger partial charge in [-0.05, 0) is 37.3 Å². The van der Waals surface area contributed by atoms with Crippen LogP contribution in [0.1, 0.15) is 15.9 Å². The highest BCUT2D eigenvalue weighted by molar-refractivity contribution is 6.00. The third-order valence-corrected chi connectivity index (χ3v) is 3.83. The molecule has 6 nitrogen and oxygen atoms in total. The first-order valence-corrected chi connectivity index (χ1v) is 7.55. The molecule has 1 aliphatic rings. The third-order valence-electron chi connectivity index (χ3n) is 3.83. The molecule has 0 atom stereocenters. The fourth-order valence-corrected chi connectivity index (χ4v) is 2.33. The Morgan fingerprint density at radius 3 is 2.54 bits per heavy atom. The van der Waals surface area contributed by atoms with Crippen molar-refractivity contribution in [1.82, 2.24) is 5.32 Å². The molecule has 0 saturated heterocycles. The van der Waals surface area contributed by atoms with Crippen LogP contribution in [0.25, 0.3) is 0 Å². The summed E-state index contributed by atoms with van der Waals surface area (Å²) < 4.78 is 10.4. The van der Waals surface area contributed by atoms with Gasteiger partial charge in [-0.2, -0.15) is 0 Å². The molecule has 2 aromatic rings. The molecule has 0 unspecified atom stereocenters. The molecule has 0 aromatic heterocycles. The van der Waals surface area contributed by atoms with Crippen molar-refractivity contribution in [2.75, 3.05) is 25.3 Å². The predicted molar refractivity (Wildman–Crippen MR) is 89.5 cm³/mol. The summed E-state index contributed by atoms with van der Waals surface area (Å²) >= 11 is 0. The normalized spacial score (nSPS) is 11.9. The van der Waals surface area contributed by atoms with E-state index in [0.717, 1.165) is 11.3 Å². The SMILES string of the molecule is Cc1ccc(N(C)C(=O)CNC(=O)c2ccc3c(c2)OCO3)cc1. The van der Waals surface area contributed by atoms with Gasteiger partial charge in [0.15, 0.2) is 11.5 Å². The van der Waals surface area contributed by atoms with E-state index >= 15 is 0 Å². The Kier molecular flexibility index (Phi) is 4.37. The van der Waals surface area contributed by atoms with Crippen LogP contribution in [0.3, 0.4) is 0 Å². The Morgan fingerprint density at radius 2 is 1.79 bits per heavy atom. The second kappa shape index (κ2) is 6.62. The van der Waals surface area contributed by atoms with Gasteiger partial charge in [-0.1, -0.05) is 17.7 Å². The highest BCUT2D eigenvalue weighted by Gasteiger charge is 2.17. The molecule has 0 radical (unpaired) electrons. The average molecular weight is 326 g/mol. The van der Waals surface area contributed by atoms with Gasteiger partial charge in [-0.15, -0.1) is 0 Å². The van der Waals surface area contributed by atoms with E-state index in [-0.39, 0.29) is 25.2 Å².